The minimum absolute atomic E-state index is 0.342. The number of aromatic nitrogens is 1. The van der Waals surface area contributed by atoms with Crippen LogP contribution < -0.4 is 0 Å². The lowest BCUT2D eigenvalue weighted by atomic mass is 9.99. The summed E-state index contributed by atoms with van der Waals surface area (Å²) in [4.78, 5) is 16.6. The maximum Gasteiger partial charge on any atom is 0.356 e. The Kier molecular flexibility index (Phi) is 7.18. The van der Waals surface area contributed by atoms with Crippen LogP contribution in [0.3, 0.4) is 0 Å². The molecule has 0 saturated carbocycles. The Morgan fingerprint density at radius 2 is 1.48 bits per heavy atom. The molecule has 3 nitrogen and oxygen atoms in total. The molecule has 0 fully saturated rings. The molecule has 29 heavy (non-hydrogen) atoms. The predicted molar refractivity (Wildman–Crippen MR) is 118 cm³/mol. The lowest BCUT2D eigenvalue weighted by Crippen LogP contribution is -2.10. The van der Waals surface area contributed by atoms with E-state index in [9.17, 15) is 4.79 Å². The summed E-state index contributed by atoms with van der Waals surface area (Å²) in [5.41, 5.74) is 7.70. The SMILES string of the molecule is CCc1ccc(-c2ccc(C(=O)OCCc3ccc(CC)c(CC)c3)nc2)cc1. The Morgan fingerprint density at radius 1 is 0.793 bits per heavy atom. The van der Waals surface area contributed by atoms with Crippen molar-refractivity contribution in [1.82, 2.24) is 4.98 Å². The highest BCUT2D eigenvalue weighted by atomic mass is 16.5. The number of rotatable bonds is 8. The van der Waals surface area contributed by atoms with Gasteiger partial charge in [0.2, 0.25) is 0 Å². The van der Waals surface area contributed by atoms with Gasteiger partial charge in [0.05, 0.1) is 6.61 Å². The average Bonchev–Trinajstić information content (AvgIpc) is 2.79. The lowest BCUT2D eigenvalue weighted by molar-refractivity contribution is 0.0502. The molecule has 3 rings (SSSR count). The van der Waals surface area contributed by atoms with Crippen LogP contribution in [0.25, 0.3) is 11.1 Å². The van der Waals surface area contributed by atoms with Crippen molar-refractivity contribution in [2.45, 2.75) is 46.5 Å². The Bertz CT molecular complexity index is 943. The van der Waals surface area contributed by atoms with E-state index in [2.05, 4.69) is 68.2 Å². The van der Waals surface area contributed by atoms with Crippen molar-refractivity contribution in [2.24, 2.45) is 0 Å². The maximum atomic E-state index is 12.3. The van der Waals surface area contributed by atoms with Gasteiger partial charge in [-0.25, -0.2) is 9.78 Å². The first kappa shape index (κ1) is 20.8. The van der Waals surface area contributed by atoms with Gasteiger partial charge in [0, 0.05) is 18.2 Å². The molecule has 0 spiro atoms. The van der Waals surface area contributed by atoms with E-state index in [1.165, 1.54) is 22.3 Å². The summed E-state index contributed by atoms with van der Waals surface area (Å²) in [6, 6.07) is 18.6. The molecule has 1 aromatic heterocycles. The highest BCUT2D eigenvalue weighted by molar-refractivity contribution is 5.87. The van der Waals surface area contributed by atoms with E-state index in [-0.39, 0.29) is 5.97 Å². The second-order valence-corrected chi connectivity index (χ2v) is 7.18. The summed E-state index contributed by atoms with van der Waals surface area (Å²) >= 11 is 0. The fraction of sp³-hybridized carbons (Fsp3) is 0.308. The molecule has 3 aromatic rings. The lowest BCUT2D eigenvalue weighted by Gasteiger charge is -2.10. The van der Waals surface area contributed by atoms with Gasteiger partial charge in [0.25, 0.3) is 0 Å². The molecule has 0 saturated heterocycles. The van der Waals surface area contributed by atoms with Crippen LogP contribution >= 0.6 is 0 Å². The zero-order valence-electron chi connectivity index (χ0n) is 17.6. The molecule has 0 N–H and O–H groups in total. The normalized spacial score (nSPS) is 10.7. The monoisotopic (exact) mass is 387 g/mol. The summed E-state index contributed by atoms with van der Waals surface area (Å²) in [5.74, 6) is -0.376. The van der Waals surface area contributed by atoms with E-state index in [4.69, 9.17) is 4.74 Å². The van der Waals surface area contributed by atoms with Crippen molar-refractivity contribution in [3.8, 4) is 11.1 Å². The molecule has 0 radical (unpaired) electrons. The topological polar surface area (TPSA) is 39.2 Å². The van der Waals surface area contributed by atoms with E-state index >= 15 is 0 Å². The Morgan fingerprint density at radius 3 is 2.10 bits per heavy atom. The molecule has 0 amide bonds. The van der Waals surface area contributed by atoms with Crippen molar-refractivity contribution < 1.29 is 9.53 Å². The fourth-order valence-electron chi connectivity index (χ4n) is 3.46. The van der Waals surface area contributed by atoms with E-state index < -0.39 is 0 Å². The van der Waals surface area contributed by atoms with E-state index in [0.717, 1.165) is 30.4 Å². The van der Waals surface area contributed by atoms with Crippen molar-refractivity contribution in [3.63, 3.8) is 0 Å². The second kappa shape index (κ2) is 10.0. The summed E-state index contributed by atoms with van der Waals surface area (Å²) in [6.45, 7) is 6.84. The van der Waals surface area contributed by atoms with E-state index in [1.807, 2.05) is 6.07 Å². The van der Waals surface area contributed by atoms with Gasteiger partial charge in [0.1, 0.15) is 5.69 Å². The number of esters is 1. The molecule has 0 aliphatic rings. The zero-order chi connectivity index (χ0) is 20.6. The van der Waals surface area contributed by atoms with Gasteiger partial charge in [-0.3, -0.25) is 0 Å². The van der Waals surface area contributed by atoms with Crippen molar-refractivity contribution in [1.29, 1.82) is 0 Å². The molecule has 2 aromatic carbocycles. The zero-order valence-corrected chi connectivity index (χ0v) is 17.6. The number of benzene rings is 2. The second-order valence-electron chi connectivity index (χ2n) is 7.18. The third-order valence-corrected chi connectivity index (χ3v) is 5.32. The number of carbonyl (C=O) groups excluding carboxylic acids is 1. The van der Waals surface area contributed by atoms with Crippen molar-refractivity contribution in [3.05, 3.63) is 88.7 Å². The van der Waals surface area contributed by atoms with Gasteiger partial charge in [-0.2, -0.15) is 0 Å². The number of aryl methyl sites for hydroxylation is 3. The quantitative estimate of drug-likeness (QED) is 0.456. The minimum atomic E-state index is -0.376. The van der Waals surface area contributed by atoms with Crippen LogP contribution in [0.4, 0.5) is 0 Å². The highest BCUT2D eigenvalue weighted by Crippen LogP contribution is 2.20. The standard InChI is InChI=1S/C26H29NO2/c1-4-19-7-11-23(12-8-19)24-13-14-25(27-18-24)26(28)29-16-15-20-9-10-21(5-2)22(6-3)17-20/h7-14,17-18H,4-6,15-16H2,1-3H3. The molecular weight excluding hydrogens is 358 g/mol. The molecule has 150 valence electrons. The summed E-state index contributed by atoms with van der Waals surface area (Å²) in [6.07, 6.45) is 5.53. The van der Waals surface area contributed by atoms with Gasteiger partial charge in [-0.05, 0) is 53.1 Å². The van der Waals surface area contributed by atoms with Crippen LogP contribution in [0.2, 0.25) is 0 Å². The Balaban J connectivity index is 1.57. The molecule has 0 bridgehead atoms. The maximum absolute atomic E-state index is 12.3. The number of pyridine rings is 1. The first-order chi connectivity index (χ1) is 14.1. The largest absolute Gasteiger partial charge is 0.461 e. The van der Waals surface area contributed by atoms with Gasteiger partial charge in [-0.15, -0.1) is 0 Å². The van der Waals surface area contributed by atoms with Crippen molar-refractivity contribution >= 4 is 5.97 Å². The molecule has 1 heterocycles. The van der Waals surface area contributed by atoms with Crippen LogP contribution in [0.15, 0.2) is 60.8 Å². The molecule has 0 unspecified atom stereocenters. The Hall–Kier alpha value is -2.94. The average molecular weight is 388 g/mol. The van der Waals surface area contributed by atoms with Gasteiger partial charge >= 0.3 is 5.97 Å². The molecule has 0 atom stereocenters. The third kappa shape index (κ3) is 5.32. The summed E-state index contributed by atoms with van der Waals surface area (Å²) in [5, 5.41) is 0. The van der Waals surface area contributed by atoms with E-state index in [1.54, 1.807) is 12.3 Å². The van der Waals surface area contributed by atoms with E-state index in [0.29, 0.717) is 18.7 Å². The fourth-order valence-corrected chi connectivity index (χ4v) is 3.46. The molecular formula is C26H29NO2. The number of ether oxygens (including phenoxy) is 1. The van der Waals surface area contributed by atoms with Crippen LogP contribution in [0.5, 0.6) is 0 Å². The predicted octanol–water partition coefficient (Wildman–Crippen LogP) is 5.84. The smallest absolute Gasteiger partial charge is 0.356 e. The first-order valence-corrected chi connectivity index (χ1v) is 10.5. The molecule has 3 heteroatoms. The number of hydrogen-bond donors (Lipinski definition) is 0. The van der Waals surface area contributed by atoms with Crippen molar-refractivity contribution in [2.75, 3.05) is 6.61 Å². The Labute approximate surface area is 173 Å². The molecule has 0 aliphatic heterocycles. The third-order valence-electron chi connectivity index (χ3n) is 5.32. The summed E-state index contributed by atoms with van der Waals surface area (Å²) in [7, 11) is 0. The number of hydrogen-bond acceptors (Lipinski definition) is 3. The summed E-state index contributed by atoms with van der Waals surface area (Å²) < 4.78 is 5.44. The van der Waals surface area contributed by atoms with Crippen LogP contribution in [0, 0.1) is 0 Å². The first-order valence-electron chi connectivity index (χ1n) is 10.5. The molecule has 0 aliphatic carbocycles. The van der Waals surface area contributed by atoms with Gasteiger partial charge in [0.15, 0.2) is 0 Å². The van der Waals surface area contributed by atoms with Crippen LogP contribution in [-0.2, 0) is 30.4 Å². The van der Waals surface area contributed by atoms with Crippen LogP contribution in [-0.4, -0.2) is 17.6 Å². The van der Waals surface area contributed by atoms with Gasteiger partial charge < -0.3 is 4.74 Å². The minimum Gasteiger partial charge on any atom is -0.461 e. The van der Waals surface area contributed by atoms with Gasteiger partial charge in [-0.1, -0.05) is 69.3 Å². The van der Waals surface area contributed by atoms with Crippen LogP contribution in [0.1, 0.15) is 53.5 Å². The number of carbonyl (C=O) groups is 1. The number of nitrogens with zero attached hydrogens (tertiary/aromatic N) is 1. The highest BCUT2D eigenvalue weighted by Gasteiger charge is 2.10.